The van der Waals surface area contributed by atoms with Crippen molar-refractivity contribution in [2.45, 2.75) is 44.8 Å². The van der Waals surface area contributed by atoms with Crippen molar-refractivity contribution < 1.29 is 19.3 Å². The van der Waals surface area contributed by atoms with E-state index < -0.39 is 12.1 Å². The highest BCUT2D eigenvalue weighted by Gasteiger charge is 2.14. The summed E-state index contributed by atoms with van der Waals surface area (Å²) in [5, 5.41) is 17.8. The van der Waals surface area contributed by atoms with Gasteiger partial charge in [-0.05, 0) is 24.5 Å². The molecule has 0 spiro atoms. The monoisotopic (exact) mass is 268 g/mol. The molecule has 0 aliphatic heterocycles. The molecule has 106 valence electrons. The largest absolute Gasteiger partial charge is 0.493 e. The number of hydrogen-bond donors (Lipinski definition) is 2. The first-order chi connectivity index (χ1) is 9.16. The van der Waals surface area contributed by atoms with Gasteiger partial charge in [0.05, 0.1) is 6.61 Å². The molecule has 4 heteroatoms. The van der Waals surface area contributed by atoms with Gasteiger partial charge >= 0.3 is 0 Å². The number of hydrogen-bond acceptors (Lipinski definition) is 3. The van der Waals surface area contributed by atoms with Crippen LogP contribution in [-0.4, -0.2) is 16.8 Å². The van der Waals surface area contributed by atoms with Gasteiger partial charge < -0.3 is 14.9 Å². The Morgan fingerprint density at radius 1 is 1.21 bits per heavy atom. The average Bonchev–Trinajstić information content (AvgIpc) is 2.39. The van der Waals surface area contributed by atoms with E-state index in [2.05, 4.69) is 0 Å². The van der Waals surface area contributed by atoms with Crippen molar-refractivity contribution in [1.29, 1.82) is 0 Å². The standard InChI is InChI=1S/C15H21FO3/c16-14-10-12(6-7-13(14)15(17)18)19-9-8-11-4-2-1-3-5-11/h6-7,10-11,15,17-18H,1-5,8-9H2. The van der Waals surface area contributed by atoms with Crippen LogP contribution in [0.25, 0.3) is 0 Å². The fourth-order valence-corrected chi connectivity index (χ4v) is 2.63. The highest BCUT2D eigenvalue weighted by molar-refractivity contribution is 5.29. The molecule has 0 saturated heterocycles. The van der Waals surface area contributed by atoms with E-state index in [0.717, 1.165) is 12.3 Å². The minimum Gasteiger partial charge on any atom is -0.493 e. The molecule has 0 atom stereocenters. The smallest absolute Gasteiger partial charge is 0.181 e. The summed E-state index contributed by atoms with van der Waals surface area (Å²) in [6.45, 7) is 0.588. The summed E-state index contributed by atoms with van der Waals surface area (Å²) in [5.41, 5.74) is -0.125. The summed E-state index contributed by atoms with van der Waals surface area (Å²) in [6.07, 6.45) is 5.72. The van der Waals surface area contributed by atoms with Crippen molar-refractivity contribution in [2.75, 3.05) is 6.61 Å². The minimum absolute atomic E-state index is 0.125. The van der Waals surface area contributed by atoms with E-state index in [-0.39, 0.29) is 5.56 Å². The van der Waals surface area contributed by atoms with E-state index in [1.165, 1.54) is 44.2 Å². The maximum atomic E-state index is 13.5. The lowest BCUT2D eigenvalue weighted by Gasteiger charge is -2.21. The number of rotatable bonds is 5. The van der Waals surface area contributed by atoms with E-state index in [0.29, 0.717) is 12.4 Å². The molecule has 0 radical (unpaired) electrons. The van der Waals surface area contributed by atoms with Crippen molar-refractivity contribution >= 4 is 0 Å². The zero-order valence-electron chi connectivity index (χ0n) is 11.0. The third kappa shape index (κ3) is 4.18. The number of halogens is 1. The molecule has 1 saturated carbocycles. The zero-order valence-corrected chi connectivity index (χ0v) is 11.0. The van der Waals surface area contributed by atoms with Gasteiger partial charge in [0.2, 0.25) is 0 Å². The van der Waals surface area contributed by atoms with Gasteiger partial charge in [0.25, 0.3) is 0 Å². The third-order valence-corrected chi connectivity index (χ3v) is 3.77. The fourth-order valence-electron chi connectivity index (χ4n) is 2.63. The molecular weight excluding hydrogens is 247 g/mol. The molecule has 0 amide bonds. The highest BCUT2D eigenvalue weighted by atomic mass is 19.1. The summed E-state index contributed by atoms with van der Waals surface area (Å²) in [4.78, 5) is 0. The second-order valence-electron chi connectivity index (χ2n) is 5.20. The summed E-state index contributed by atoms with van der Waals surface area (Å²) in [6, 6.07) is 4.12. The van der Waals surface area contributed by atoms with Gasteiger partial charge in [0.1, 0.15) is 11.6 Å². The normalized spacial score (nSPS) is 16.8. The molecule has 1 aromatic rings. The molecule has 0 unspecified atom stereocenters. The van der Waals surface area contributed by atoms with Crippen LogP contribution in [0.4, 0.5) is 4.39 Å². The van der Waals surface area contributed by atoms with E-state index in [1.54, 1.807) is 6.07 Å². The van der Waals surface area contributed by atoms with Crippen LogP contribution >= 0.6 is 0 Å². The molecule has 1 aromatic carbocycles. The first kappa shape index (κ1) is 14.3. The molecule has 2 N–H and O–H groups in total. The van der Waals surface area contributed by atoms with Crippen molar-refractivity contribution in [3.05, 3.63) is 29.6 Å². The Morgan fingerprint density at radius 2 is 1.95 bits per heavy atom. The topological polar surface area (TPSA) is 49.7 Å². The van der Waals surface area contributed by atoms with Crippen molar-refractivity contribution in [3.63, 3.8) is 0 Å². The lowest BCUT2D eigenvalue weighted by atomic mass is 9.87. The average molecular weight is 268 g/mol. The molecule has 0 bridgehead atoms. The quantitative estimate of drug-likeness (QED) is 0.806. The van der Waals surface area contributed by atoms with Crippen LogP contribution < -0.4 is 4.74 Å². The third-order valence-electron chi connectivity index (χ3n) is 3.77. The Balaban J connectivity index is 1.81. The Labute approximate surface area is 113 Å². The zero-order chi connectivity index (χ0) is 13.7. The van der Waals surface area contributed by atoms with Crippen LogP contribution in [0.2, 0.25) is 0 Å². The second-order valence-corrected chi connectivity index (χ2v) is 5.20. The molecule has 2 rings (SSSR count). The predicted molar refractivity (Wildman–Crippen MR) is 70.3 cm³/mol. The highest BCUT2D eigenvalue weighted by Crippen LogP contribution is 2.27. The van der Waals surface area contributed by atoms with Gasteiger partial charge in [0, 0.05) is 11.6 Å². The van der Waals surface area contributed by atoms with Gasteiger partial charge in [-0.15, -0.1) is 0 Å². The Hall–Kier alpha value is -1.13. The van der Waals surface area contributed by atoms with Gasteiger partial charge in [-0.3, -0.25) is 0 Å². The Bertz CT molecular complexity index is 400. The number of ether oxygens (including phenoxy) is 1. The van der Waals surface area contributed by atoms with Crippen LogP contribution in [0.1, 0.15) is 50.4 Å². The van der Waals surface area contributed by atoms with E-state index in [1.807, 2.05) is 0 Å². The first-order valence-corrected chi connectivity index (χ1v) is 6.95. The number of aliphatic hydroxyl groups is 2. The summed E-state index contributed by atoms with van der Waals surface area (Å²) < 4.78 is 19.0. The Morgan fingerprint density at radius 3 is 2.58 bits per heavy atom. The van der Waals surface area contributed by atoms with Crippen LogP contribution in [0.15, 0.2) is 18.2 Å². The van der Waals surface area contributed by atoms with E-state index in [9.17, 15) is 4.39 Å². The summed E-state index contributed by atoms with van der Waals surface area (Å²) in [7, 11) is 0. The van der Waals surface area contributed by atoms with Crippen molar-refractivity contribution in [2.24, 2.45) is 5.92 Å². The van der Waals surface area contributed by atoms with Gasteiger partial charge in [-0.2, -0.15) is 0 Å². The van der Waals surface area contributed by atoms with Crippen LogP contribution in [0.5, 0.6) is 5.75 Å². The molecule has 19 heavy (non-hydrogen) atoms. The van der Waals surface area contributed by atoms with E-state index in [4.69, 9.17) is 14.9 Å². The molecular formula is C15H21FO3. The minimum atomic E-state index is -1.78. The molecule has 3 nitrogen and oxygen atoms in total. The number of benzene rings is 1. The predicted octanol–water partition coefficient (Wildman–Crippen LogP) is 3.16. The SMILES string of the molecule is OC(O)c1ccc(OCCC2CCCCC2)cc1F. The van der Waals surface area contributed by atoms with Crippen LogP contribution in [-0.2, 0) is 0 Å². The molecule has 1 fully saturated rings. The summed E-state index contributed by atoms with van der Waals surface area (Å²) >= 11 is 0. The summed E-state index contributed by atoms with van der Waals surface area (Å²) in [5.74, 6) is 0.528. The molecule has 1 aliphatic carbocycles. The second kappa shape index (κ2) is 6.87. The van der Waals surface area contributed by atoms with Crippen molar-refractivity contribution in [1.82, 2.24) is 0 Å². The lowest BCUT2D eigenvalue weighted by Crippen LogP contribution is -2.11. The van der Waals surface area contributed by atoms with Crippen LogP contribution in [0, 0.1) is 11.7 Å². The van der Waals surface area contributed by atoms with Gasteiger partial charge in [-0.1, -0.05) is 32.1 Å². The van der Waals surface area contributed by atoms with Crippen molar-refractivity contribution in [3.8, 4) is 5.75 Å². The maximum absolute atomic E-state index is 13.5. The Kier molecular flexibility index (Phi) is 5.16. The van der Waals surface area contributed by atoms with Crippen LogP contribution in [0.3, 0.4) is 0 Å². The maximum Gasteiger partial charge on any atom is 0.181 e. The van der Waals surface area contributed by atoms with E-state index >= 15 is 0 Å². The molecule has 0 heterocycles. The fraction of sp³-hybridized carbons (Fsp3) is 0.600. The van der Waals surface area contributed by atoms with Gasteiger partial charge in [0.15, 0.2) is 6.29 Å². The van der Waals surface area contributed by atoms with Gasteiger partial charge in [-0.25, -0.2) is 4.39 Å². The lowest BCUT2D eigenvalue weighted by molar-refractivity contribution is -0.0449. The first-order valence-electron chi connectivity index (χ1n) is 6.95. The number of aliphatic hydroxyl groups excluding tert-OH is 1. The molecule has 1 aliphatic rings. The molecule has 0 aromatic heterocycles.